The van der Waals surface area contributed by atoms with E-state index in [1.807, 2.05) is 0 Å². The Morgan fingerprint density at radius 1 is 0.920 bits per heavy atom. The largest absolute Gasteiger partial charge is 0.357 e. The van der Waals surface area contributed by atoms with Crippen molar-refractivity contribution in [2.75, 3.05) is 24.5 Å². The number of pyridine rings is 1. The van der Waals surface area contributed by atoms with Gasteiger partial charge in [-0.3, -0.25) is 4.90 Å². The van der Waals surface area contributed by atoms with E-state index in [-0.39, 0.29) is 0 Å². The van der Waals surface area contributed by atoms with Gasteiger partial charge in [0.15, 0.2) is 0 Å². The van der Waals surface area contributed by atoms with Gasteiger partial charge in [0.25, 0.3) is 0 Å². The summed E-state index contributed by atoms with van der Waals surface area (Å²) in [6.45, 7) is 6.75. The highest BCUT2D eigenvalue weighted by Gasteiger charge is 2.28. The zero-order valence-electron chi connectivity index (χ0n) is 15.3. The molecule has 4 rings (SSSR count). The molecule has 3 nitrogen and oxygen atoms in total. The van der Waals surface area contributed by atoms with Gasteiger partial charge in [0.2, 0.25) is 0 Å². The van der Waals surface area contributed by atoms with Crippen LogP contribution in [0, 0.1) is 6.92 Å². The van der Waals surface area contributed by atoms with Crippen molar-refractivity contribution in [3.63, 3.8) is 0 Å². The van der Waals surface area contributed by atoms with E-state index in [0.29, 0.717) is 6.04 Å². The number of hydrogen-bond acceptors (Lipinski definition) is 3. The van der Waals surface area contributed by atoms with Crippen molar-refractivity contribution in [2.24, 2.45) is 0 Å². The average Bonchev–Trinajstić information content (AvgIpc) is 3.11. The van der Waals surface area contributed by atoms with Crippen LogP contribution >= 0.6 is 0 Å². The van der Waals surface area contributed by atoms with Gasteiger partial charge in [-0.25, -0.2) is 4.98 Å². The molecule has 3 heteroatoms. The van der Waals surface area contributed by atoms with Gasteiger partial charge in [-0.15, -0.1) is 0 Å². The number of piperidine rings is 1. The second kappa shape index (κ2) is 7.57. The molecule has 0 spiro atoms. The van der Waals surface area contributed by atoms with Crippen LogP contribution < -0.4 is 4.90 Å². The van der Waals surface area contributed by atoms with Crippen LogP contribution in [0.4, 0.5) is 5.82 Å². The van der Waals surface area contributed by atoms with E-state index < -0.39 is 0 Å². The lowest BCUT2D eigenvalue weighted by molar-refractivity contribution is 0.247. The highest BCUT2D eigenvalue weighted by molar-refractivity contribution is 5.43. The normalized spacial score (nSPS) is 21.6. The van der Waals surface area contributed by atoms with E-state index in [4.69, 9.17) is 4.98 Å². The Morgan fingerprint density at radius 3 is 2.48 bits per heavy atom. The number of aryl methyl sites for hydroxylation is 1. The molecule has 0 amide bonds. The summed E-state index contributed by atoms with van der Waals surface area (Å²) in [5.74, 6) is 1.17. The highest BCUT2D eigenvalue weighted by Crippen LogP contribution is 2.35. The van der Waals surface area contributed by atoms with Gasteiger partial charge in [-0.05, 0) is 62.8 Å². The smallest absolute Gasteiger partial charge is 0.128 e. The summed E-state index contributed by atoms with van der Waals surface area (Å²) in [4.78, 5) is 10.1. The molecule has 0 radical (unpaired) electrons. The maximum absolute atomic E-state index is 4.98. The quantitative estimate of drug-likeness (QED) is 0.806. The van der Waals surface area contributed by atoms with Crippen molar-refractivity contribution in [3.8, 4) is 0 Å². The van der Waals surface area contributed by atoms with Crippen molar-refractivity contribution >= 4 is 5.82 Å². The highest BCUT2D eigenvalue weighted by atomic mass is 15.2. The second-order valence-electron chi connectivity index (χ2n) is 7.51. The molecular formula is C22H29N3. The summed E-state index contributed by atoms with van der Waals surface area (Å²) in [6.07, 6.45) is 6.50. The van der Waals surface area contributed by atoms with Crippen molar-refractivity contribution < 1.29 is 0 Å². The van der Waals surface area contributed by atoms with Crippen LogP contribution in [0.3, 0.4) is 0 Å². The van der Waals surface area contributed by atoms with Crippen LogP contribution in [0.15, 0.2) is 42.5 Å². The topological polar surface area (TPSA) is 19.4 Å². The molecule has 25 heavy (non-hydrogen) atoms. The van der Waals surface area contributed by atoms with Crippen LogP contribution in [0.1, 0.15) is 55.0 Å². The Balaban J connectivity index is 1.51. The fourth-order valence-corrected chi connectivity index (χ4v) is 4.40. The third kappa shape index (κ3) is 3.72. The maximum atomic E-state index is 4.98. The zero-order chi connectivity index (χ0) is 17.1. The monoisotopic (exact) mass is 335 g/mol. The molecule has 0 aliphatic carbocycles. The first-order chi connectivity index (χ1) is 12.3. The Morgan fingerprint density at radius 2 is 1.72 bits per heavy atom. The Labute approximate surface area is 151 Å². The fraction of sp³-hybridized carbons (Fsp3) is 0.500. The summed E-state index contributed by atoms with van der Waals surface area (Å²) in [7, 11) is 0. The Hall–Kier alpha value is -1.87. The van der Waals surface area contributed by atoms with E-state index >= 15 is 0 Å². The molecule has 132 valence electrons. The van der Waals surface area contributed by atoms with E-state index in [0.717, 1.165) is 19.6 Å². The van der Waals surface area contributed by atoms with Crippen molar-refractivity contribution in [1.29, 1.82) is 0 Å². The molecule has 0 N–H and O–H groups in total. The number of aromatic nitrogens is 1. The molecule has 1 aromatic carbocycles. The second-order valence-corrected chi connectivity index (χ2v) is 7.51. The van der Waals surface area contributed by atoms with E-state index in [9.17, 15) is 0 Å². The summed E-state index contributed by atoms with van der Waals surface area (Å²) < 4.78 is 0. The summed E-state index contributed by atoms with van der Waals surface area (Å²) >= 11 is 0. The first-order valence-corrected chi connectivity index (χ1v) is 9.82. The molecular weight excluding hydrogens is 306 g/mol. The van der Waals surface area contributed by atoms with Gasteiger partial charge < -0.3 is 4.90 Å². The molecule has 2 aromatic rings. The number of benzene rings is 1. The predicted molar refractivity (Wildman–Crippen MR) is 104 cm³/mol. The lowest BCUT2D eigenvalue weighted by atomic mass is 10.0. The molecule has 1 aromatic heterocycles. The maximum Gasteiger partial charge on any atom is 0.128 e. The summed E-state index contributed by atoms with van der Waals surface area (Å²) in [6, 6.07) is 16.0. The number of anilines is 1. The molecule has 2 aliphatic heterocycles. The molecule has 2 saturated heterocycles. The van der Waals surface area contributed by atoms with Gasteiger partial charge in [-0.1, -0.05) is 36.4 Å². The van der Waals surface area contributed by atoms with E-state index in [2.05, 4.69) is 59.2 Å². The third-order valence-electron chi connectivity index (χ3n) is 5.74. The SMILES string of the molecule is Cc1nc(N2CCCCC2)ccc1C1CCCN1Cc1ccccc1. The minimum absolute atomic E-state index is 0.517. The number of likely N-dealkylation sites (tertiary alicyclic amines) is 1. The molecule has 2 fully saturated rings. The molecule has 0 saturated carbocycles. The van der Waals surface area contributed by atoms with Gasteiger partial charge in [-0.2, -0.15) is 0 Å². The molecule has 1 atom stereocenters. The first-order valence-electron chi connectivity index (χ1n) is 9.82. The van der Waals surface area contributed by atoms with E-state index in [1.165, 1.54) is 61.3 Å². The average molecular weight is 335 g/mol. The van der Waals surface area contributed by atoms with Gasteiger partial charge in [0.1, 0.15) is 5.82 Å². The van der Waals surface area contributed by atoms with Gasteiger partial charge >= 0.3 is 0 Å². The molecule has 2 aliphatic rings. The lowest BCUT2D eigenvalue weighted by Crippen LogP contribution is -2.30. The lowest BCUT2D eigenvalue weighted by Gasteiger charge is -2.30. The Kier molecular flexibility index (Phi) is 5.02. The van der Waals surface area contributed by atoms with Crippen LogP contribution in [0.25, 0.3) is 0 Å². The fourth-order valence-electron chi connectivity index (χ4n) is 4.40. The van der Waals surface area contributed by atoms with E-state index in [1.54, 1.807) is 0 Å². The summed E-state index contributed by atoms with van der Waals surface area (Å²) in [5.41, 5.74) is 4.05. The number of rotatable bonds is 4. The number of hydrogen-bond donors (Lipinski definition) is 0. The predicted octanol–water partition coefficient (Wildman–Crippen LogP) is 4.72. The minimum Gasteiger partial charge on any atom is -0.357 e. The first kappa shape index (κ1) is 16.6. The van der Waals surface area contributed by atoms with Gasteiger partial charge in [0.05, 0.1) is 0 Å². The number of nitrogens with zero attached hydrogens (tertiary/aromatic N) is 3. The minimum atomic E-state index is 0.517. The van der Waals surface area contributed by atoms with Crippen LogP contribution in [-0.2, 0) is 6.54 Å². The van der Waals surface area contributed by atoms with Crippen molar-refractivity contribution in [2.45, 2.75) is 51.6 Å². The zero-order valence-corrected chi connectivity index (χ0v) is 15.3. The third-order valence-corrected chi connectivity index (χ3v) is 5.74. The molecule has 1 unspecified atom stereocenters. The van der Waals surface area contributed by atoms with Crippen molar-refractivity contribution in [3.05, 3.63) is 59.3 Å². The Bertz CT molecular complexity index is 692. The standard InChI is InChI=1S/C22H29N3/c1-18-20(12-13-22(23-18)24-14-6-3-7-15-24)21-11-8-16-25(21)17-19-9-4-2-5-10-19/h2,4-5,9-10,12-13,21H,3,6-8,11,14-17H2,1H3. The van der Waals surface area contributed by atoms with Crippen LogP contribution in [0.2, 0.25) is 0 Å². The van der Waals surface area contributed by atoms with Crippen LogP contribution in [-0.4, -0.2) is 29.5 Å². The van der Waals surface area contributed by atoms with Gasteiger partial charge in [0, 0.05) is 31.4 Å². The molecule has 0 bridgehead atoms. The summed E-state index contributed by atoms with van der Waals surface area (Å²) in [5, 5.41) is 0. The molecule has 3 heterocycles. The van der Waals surface area contributed by atoms with Crippen molar-refractivity contribution in [1.82, 2.24) is 9.88 Å². The van der Waals surface area contributed by atoms with Crippen LogP contribution in [0.5, 0.6) is 0 Å².